The van der Waals surface area contributed by atoms with Crippen molar-refractivity contribution in [3.8, 4) is 0 Å². The van der Waals surface area contributed by atoms with E-state index in [1.807, 2.05) is 5.32 Å². The van der Waals surface area contributed by atoms with E-state index < -0.39 is 109 Å². The van der Waals surface area contributed by atoms with Gasteiger partial charge in [-0.3, -0.25) is 14.4 Å². The topological polar surface area (TPSA) is 75.3 Å². The van der Waals surface area contributed by atoms with Crippen LogP contribution in [0.5, 0.6) is 0 Å². The van der Waals surface area contributed by atoms with Gasteiger partial charge < -0.3 is 10.6 Å². The van der Waals surface area contributed by atoms with E-state index in [0.29, 0.717) is 30.3 Å². The molecule has 0 saturated heterocycles. The number of amides is 2. The van der Waals surface area contributed by atoms with Gasteiger partial charge in [0.05, 0.1) is 27.8 Å². The van der Waals surface area contributed by atoms with E-state index >= 15 is 0 Å². The van der Waals surface area contributed by atoms with Crippen LogP contribution in [0.25, 0.3) is 0 Å². The average molecular weight is 692 g/mol. The maximum absolute atomic E-state index is 14.8. The molecule has 4 rings (SSSR count). The molecule has 0 spiro atoms. The number of nitrogens with one attached hydrogen (secondary N) is 2. The molecule has 1 saturated carbocycles. The summed E-state index contributed by atoms with van der Waals surface area (Å²) < 4.78 is 120. The molecule has 1 aliphatic rings. The zero-order valence-corrected chi connectivity index (χ0v) is 23.5. The van der Waals surface area contributed by atoms with Gasteiger partial charge in [-0.05, 0) is 42.0 Å². The van der Waals surface area contributed by atoms with Crippen molar-refractivity contribution in [2.45, 2.75) is 29.3 Å². The van der Waals surface area contributed by atoms with Crippen LogP contribution in [-0.2, 0) is 22.2 Å². The summed E-state index contributed by atoms with van der Waals surface area (Å²) in [5.41, 5.74) is -4.84. The van der Waals surface area contributed by atoms with Gasteiger partial charge in [-0.2, -0.15) is 13.2 Å². The highest BCUT2D eigenvalue weighted by molar-refractivity contribution is 6.53. The number of alkyl halides is 7. The molecule has 1 fully saturated rings. The number of hydrogen-bond acceptors (Lipinski definition) is 3. The summed E-state index contributed by atoms with van der Waals surface area (Å²) in [5.74, 6) is -12.6. The fourth-order valence-corrected chi connectivity index (χ4v) is 5.39. The number of ketones is 1. The zero-order chi connectivity index (χ0) is 32.9. The SMILES string of the molecule is O=C(Nc1ccc(F)c(CC(=O)C(F)F)c1F)c1cc(NC(=O)[C@H]2[C@H](c3ccc(F)c(C(F)(F)F)c3)C2(Cl)Cl)cc(F)c1Cl. The summed E-state index contributed by atoms with van der Waals surface area (Å²) in [7, 11) is 0. The maximum atomic E-state index is 14.8. The number of benzene rings is 3. The molecule has 2 N–H and O–H groups in total. The van der Waals surface area contributed by atoms with Crippen molar-refractivity contribution in [1.82, 2.24) is 0 Å². The molecule has 234 valence electrons. The van der Waals surface area contributed by atoms with E-state index in [4.69, 9.17) is 34.8 Å². The summed E-state index contributed by atoms with van der Waals surface area (Å²) in [6.45, 7) is 0. The summed E-state index contributed by atoms with van der Waals surface area (Å²) in [4.78, 5) is 37.1. The number of anilines is 2. The van der Waals surface area contributed by atoms with Gasteiger partial charge in [0.1, 0.15) is 21.8 Å². The molecule has 2 amide bonds. The fourth-order valence-electron chi connectivity index (χ4n) is 4.37. The summed E-state index contributed by atoms with van der Waals surface area (Å²) >= 11 is 18.1. The Bertz CT molecular complexity index is 1680. The van der Waals surface area contributed by atoms with Crippen molar-refractivity contribution in [2.75, 3.05) is 10.6 Å². The Morgan fingerprint density at radius 3 is 2.14 bits per heavy atom. The molecule has 17 heteroatoms. The lowest BCUT2D eigenvalue weighted by atomic mass is 10.0. The highest BCUT2D eigenvalue weighted by Crippen LogP contribution is 2.65. The van der Waals surface area contributed by atoms with Crippen LogP contribution in [0.3, 0.4) is 0 Å². The second-order valence-electron chi connectivity index (χ2n) is 9.46. The quantitative estimate of drug-likeness (QED) is 0.185. The van der Waals surface area contributed by atoms with Crippen LogP contribution in [-0.4, -0.2) is 28.4 Å². The van der Waals surface area contributed by atoms with E-state index in [0.717, 1.165) is 12.1 Å². The molecular weight excluding hydrogens is 678 g/mol. The van der Waals surface area contributed by atoms with Gasteiger partial charge in [0.2, 0.25) is 11.7 Å². The standard InChI is InChI=1S/C27H14Cl3F9N2O3/c28-21-12(24(43)41-17-4-3-14(31)11(22(17)34)8-18(42)23(35)36)6-10(7-16(21)33)40-25(44)20-19(26(20,29)30)9-1-2-15(32)13(5-9)27(37,38)39/h1-7,19-20,23H,8H2,(H,40,44)(H,41,43)/t19-,20+/m0/s1. The van der Waals surface area contributed by atoms with Crippen LogP contribution in [0.2, 0.25) is 5.02 Å². The van der Waals surface area contributed by atoms with Crippen LogP contribution < -0.4 is 10.6 Å². The van der Waals surface area contributed by atoms with Crippen molar-refractivity contribution in [1.29, 1.82) is 0 Å². The molecule has 3 aromatic rings. The minimum Gasteiger partial charge on any atom is -0.326 e. The van der Waals surface area contributed by atoms with E-state index in [1.54, 1.807) is 0 Å². The second-order valence-corrected chi connectivity index (χ2v) is 11.3. The Balaban J connectivity index is 1.56. The Hall–Kier alpha value is -3.49. The van der Waals surface area contributed by atoms with Crippen LogP contribution in [0.1, 0.15) is 33.0 Å². The highest BCUT2D eigenvalue weighted by atomic mass is 35.5. The highest BCUT2D eigenvalue weighted by Gasteiger charge is 2.67. The van der Waals surface area contributed by atoms with Crippen LogP contribution in [0.15, 0.2) is 42.5 Å². The van der Waals surface area contributed by atoms with Crippen LogP contribution >= 0.6 is 34.8 Å². The number of rotatable bonds is 8. The minimum absolute atomic E-state index is 0.220. The fraction of sp³-hybridized carbons (Fsp3) is 0.222. The first-order chi connectivity index (χ1) is 20.3. The molecule has 0 aromatic heterocycles. The van der Waals surface area contributed by atoms with Crippen molar-refractivity contribution in [3.05, 3.63) is 93.0 Å². The summed E-state index contributed by atoms with van der Waals surface area (Å²) in [6.07, 6.45) is -9.92. The van der Waals surface area contributed by atoms with E-state index in [1.165, 1.54) is 0 Å². The predicted octanol–water partition coefficient (Wildman–Crippen LogP) is 8.07. The molecule has 5 nitrogen and oxygen atoms in total. The molecule has 1 aliphatic carbocycles. The smallest absolute Gasteiger partial charge is 0.326 e. The molecule has 3 aromatic carbocycles. The van der Waals surface area contributed by atoms with Crippen molar-refractivity contribution in [3.63, 3.8) is 0 Å². The normalized spacial score (nSPS) is 17.4. The Morgan fingerprint density at radius 1 is 0.886 bits per heavy atom. The minimum atomic E-state index is -5.06. The average Bonchev–Trinajstić information content (AvgIpc) is 3.51. The van der Waals surface area contributed by atoms with Crippen molar-refractivity contribution < 1.29 is 53.9 Å². The molecule has 0 bridgehead atoms. The lowest BCUT2D eigenvalue weighted by Gasteiger charge is -2.13. The Labute approximate surface area is 256 Å². The van der Waals surface area contributed by atoms with Gasteiger partial charge in [-0.1, -0.05) is 17.7 Å². The molecule has 2 atom stereocenters. The van der Waals surface area contributed by atoms with Crippen molar-refractivity contribution >= 4 is 63.8 Å². The molecule has 0 radical (unpaired) electrons. The van der Waals surface area contributed by atoms with Gasteiger partial charge in [0, 0.05) is 23.6 Å². The van der Waals surface area contributed by atoms with E-state index in [9.17, 15) is 53.9 Å². The zero-order valence-electron chi connectivity index (χ0n) is 21.2. The Kier molecular flexibility index (Phi) is 9.21. The van der Waals surface area contributed by atoms with Gasteiger partial charge in [0.25, 0.3) is 12.3 Å². The number of carbonyl (C=O) groups is 3. The van der Waals surface area contributed by atoms with Crippen LogP contribution in [0.4, 0.5) is 50.9 Å². The first-order valence-corrected chi connectivity index (χ1v) is 13.1. The molecule has 0 heterocycles. The van der Waals surface area contributed by atoms with Gasteiger partial charge in [0.15, 0.2) is 5.82 Å². The number of halogens is 12. The maximum Gasteiger partial charge on any atom is 0.419 e. The number of Topliss-reactive ketones (excluding diaryl/α,β-unsaturated/α-hetero) is 1. The molecule has 0 unspecified atom stereocenters. The van der Waals surface area contributed by atoms with Gasteiger partial charge >= 0.3 is 6.18 Å². The van der Waals surface area contributed by atoms with Gasteiger partial charge in [-0.25, -0.2) is 26.3 Å². The third-order valence-electron chi connectivity index (χ3n) is 6.56. The summed E-state index contributed by atoms with van der Waals surface area (Å²) in [5, 5.41) is 3.30. The predicted molar refractivity (Wildman–Crippen MR) is 141 cm³/mol. The van der Waals surface area contributed by atoms with Crippen molar-refractivity contribution in [2.24, 2.45) is 5.92 Å². The third kappa shape index (κ3) is 6.61. The van der Waals surface area contributed by atoms with E-state index in [2.05, 4.69) is 5.32 Å². The number of hydrogen-bond donors (Lipinski definition) is 2. The largest absolute Gasteiger partial charge is 0.419 e. The molecule has 0 aliphatic heterocycles. The first kappa shape index (κ1) is 33.4. The monoisotopic (exact) mass is 690 g/mol. The lowest BCUT2D eigenvalue weighted by Crippen LogP contribution is -2.20. The lowest BCUT2D eigenvalue weighted by molar-refractivity contribution is -0.140. The van der Waals surface area contributed by atoms with E-state index in [-0.39, 0.29) is 5.56 Å². The number of carbonyl (C=O) groups excluding carboxylic acids is 3. The Morgan fingerprint density at radius 2 is 1.52 bits per heavy atom. The molecule has 44 heavy (non-hydrogen) atoms. The summed E-state index contributed by atoms with van der Waals surface area (Å²) in [6, 6.07) is 4.69. The third-order valence-corrected chi connectivity index (χ3v) is 7.88. The van der Waals surface area contributed by atoms with Crippen LogP contribution in [0, 0.1) is 29.2 Å². The molecular formula is C27H14Cl3F9N2O3. The first-order valence-electron chi connectivity index (χ1n) is 12.0. The second kappa shape index (κ2) is 12.1. The van der Waals surface area contributed by atoms with Gasteiger partial charge in [-0.15, -0.1) is 23.2 Å².